The van der Waals surface area contributed by atoms with Crippen molar-refractivity contribution in [1.29, 1.82) is 0 Å². The molecule has 2 fully saturated rings. The fourth-order valence-corrected chi connectivity index (χ4v) is 5.97. The lowest BCUT2D eigenvalue weighted by Gasteiger charge is -2.47. The molecule has 9 heteroatoms. The molecule has 7 rings (SSSR count). The van der Waals surface area contributed by atoms with E-state index in [9.17, 15) is 4.79 Å². The van der Waals surface area contributed by atoms with Gasteiger partial charge < -0.3 is 19.1 Å². The predicted octanol–water partition coefficient (Wildman–Crippen LogP) is 3.22. The van der Waals surface area contributed by atoms with Crippen molar-refractivity contribution in [3.63, 3.8) is 0 Å². The predicted molar refractivity (Wildman–Crippen MR) is 140 cm³/mol. The highest BCUT2D eigenvalue weighted by Gasteiger charge is 2.40. The molecular weight excluding hydrogens is 470 g/mol. The molecule has 0 aliphatic carbocycles. The van der Waals surface area contributed by atoms with Crippen LogP contribution in [0.15, 0.2) is 41.5 Å². The zero-order valence-electron chi connectivity index (χ0n) is 21.1. The first kappa shape index (κ1) is 22.7. The van der Waals surface area contributed by atoms with Gasteiger partial charge in [0.05, 0.1) is 54.5 Å². The van der Waals surface area contributed by atoms with Gasteiger partial charge in [0.25, 0.3) is 0 Å². The van der Waals surface area contributed by atoms with E-state index in [4.69, 9.17) is 14.2 Å². The van der Waals surface area contributed by atoms with Crippen LogP contribution in [0.3, 0.4) is 0 Å². The number of piperidine rings is 1. The van der Waals surface area contributed by atoms with Gasteiger partial charge in [-0.1, -0.05) is 0 Å². The van der Waals surface area contributed by atoms with E-state index >= 15 is 0 Å². The van der Waals surface area contributed by atoms with Crippen LogP contribution in [-0.2, 0) is 18.3 Å². The summed E-state index contributed by atoms with van der Waals surface area (Å²) in [6, 6.07) is 7.93. The van der Waals surface area contributed by atoms with Gasteiger partial charge in [0.2, 0.25) is 5.88 Å². The lowest BCUT2D eigenvalue weighted by Crippen LogP contribution is -2.51. The normalized spacial score (nSPS) is 18.7. The van der Waals surface area contributed by atoms with Crippen LogP contribution in [0.25, 0.3) is 33.1 Å². The molecule has 37 heavy (non-hydrogen) atoms. The third kappa shape index (κ3) is 3.79. The Morgan fingerprint density at radius 2 is 1.92 bits per heavy atom. The number of hydrogen-bond donors (Lipinski definition) is 0. The summed E-state index contributed by atoms with van der Waals surface area (Å²) in [6.45, 7) is 6.85. The van der Waals surface area contributed by atoms with Gasteiger partial charge in [-0.25, -0.2) is 9.78 Å². The average molecular weight is 502 g/mol. The van der Waals surface area contributed by atoms with Crippen molar-refractivity contribution in [2.45, 2.75) is 25.8 Å². The minimum absolute atomic E-state index is 0.0495. The second-order valence-electron chi connectivity index (χ2n) is 10.6. The van der Waals surface area contributed by atoms with Crippen LogP contribution in [0.1, 0.15) is 19.3 Å². The Hall–Kier alpha value is -3.43. The highest BCUT2D eigenvalue weighted by molar-refractivity contribution is 6.09. The smallest absolute Gasteiger partial charge is 0.329 e. The van der Waals surface area contributed by atoms with Crippen molar-refractivity contribution in [2.75, 3.05) is 46.1 Å². The van der Waals surface area contributed by atoms with Gasteiger partial charge in [0, 0.05) is 42.4 Å². The fraction of sp³-hybridized carbons (Fsp3) is 0.464. The first-order chi connectivity index (χ1) is 18.1. The largest absolute Gasteiger partial charge is 0.490 e. The number of aryl methyl sites for hydroxylation is 1. The first-order valence-electron chi connectivity index (χ1n) is 13.2. The molecule has 9 nitrogen and oxygen atoms in total. The molecule has 0 saturated carbocycles. The Morgan fingerprint density at radius 1 is 1.05 bits per heavy atom. The molecule has 0 unspecified atom stereocenters. The molecule has 192 valence electrons. The Kier molecular flexibility index (Phi) is 5.44. The van der Waals surface area contributed by atoms with E-state index in [0.717, 1.165) is 78.1 Å². The number of ether oxygens (including phenoxy) is 3. The Balaban J connectivity index is 1.06. The Bertz CT molecular complexity index is 1530. The van der Waals surface area contributed by atoms with Crippen molar-refractivity contribution in [2.24, 2.45) is 12.5 Å². The molecular formula is C28H31N5O4. The summed E-state index contributed by atoms with van der Waals surface area (Å²) in [6.07, 6.45) is 7.08. The first-order valence-corrected chi connectivity index (χ1v) is 13.2. The molecule has 0 bridgehead atoms. The van der Waals surface area contributed by atoms with E-state index in [1.54, 1.807) is 22.4 Å². The lowest BCUT2D eigenvalue weighted by atomic mass is 9.77. The molecule has 0 N–H and O–H groups in total. The number of pyridine rings is 2. The Morgan fingerprint density at radius 3 is 2.68 bits per heavy atom. The lowest BCUT2D eigenvalue weighted by molar-refractivity contribution is -0.139. The quantitative estimate of drug-likeness (QED) is 0.375. The van der Waals surface area contributed by atoms with Gasteiger partial charge in [0.1, 0.15) is 12.4 Å². The van der Waals surface area contributed by atoms with Crippen molar-refractivity contribution >= 4 is 21.9 Å². The summed E-state index contributed by atoms with van der Waals surface area (Å²) in [5.74, 6) is 1.38. The molecule has 2 saturated heterocycles. The van der Waals surface area contributed by atoms with Gasteiger partial charge in [-0.05, 0) is 50.6 Å². The number of imidazole rings is 1. The van der Waals surface area contributed by atoms with Crippen molar-refractivity contribution < 1.29 is 14.2 Å². The van der Waals surface area contributed by atoms with E-state index in [-0.39, 0.29) is 5.69 Å². The molecule has 4 aromatic rings. The zero-order chi connectivity index (χ0) is 25.0. The van der Waals surface area contributed by atoms with Crippen LogP contribution in [-0.4, -0.2) is 70.1 Å². The minimum Gasteiger partial charge on any atom is -0.490 e. The summed E-state index contributed by atoms with van der Waals surface area (Å²) in [5, 5.41) is 0.874. The van der Waals surface area contributed by atoms with Crippen molar-refractivity contribution in [3.8, 4) is 22.8 Å². The maximum atomic E-state index is 12.8. The van der Waals surface area contributed by atoms with Crippen molar-refractivity contribution in [1.82, 2.24) is 24.0 Å². The number of nitrogens with zero attached hydrogens (tertiary/aromatic N) is 5. The maximum Gasteiger partial charge on any atom is 0.329 e. The maximum absolute atomic E-state index is 12.8. The highest BCUT2D eigenvalue weighted by atomic mass is 16.5. The molecule has 0 amide bonds. The van der Waals surface area contributed by atoms with Crippen LogP contribution in [0, 0.1) is 5.41 Å². The molecule has 3 aromatic heterocycles. The van der Waals surface area contributed by atoms with E-state index in [1.807, 2.05) is 30.5 Å². The number of hydrogen-bond acceptors (Lipinski definition) is 7. The number of benzene rings is 1. The van der Waals surface area contributed by atoms with Gasteiger partial charge in [-0.15, -0.1) is 0 Å². The molecule has 3 aliphatic rings. The van der Waals surface area contributed by atoms with Gasteiger partial charge in [-0.3, -0.25) is 14.1 Å². The van der Waals surface area contributed by atoms with E-state index in [2.05, 4.69) is 14.9 Å². The topological polar surface area (TPSA) is 83.6 Å². The minimum atomic E-state index is -0.0495. The van der Waals surface area contributed by atoms with Crippen LogP contribution in [0.5, 0.6) is 11.6 Å². The standard InChI is InChI=1S/C28H31N5O4/c1-31-22-16-29-21-5-4-20(26-24(21)25(22)33(27(31)34)12-14-37-26)19-3-6-23(30-15-19)36-13-2-9-32-10-7-28(8-11-32)17-35-18-28/h3-6,15-16H,2,7-14,17-18H2,1H3. The monoisotopic (exact) mass is 501 g/mol. The van der Waals surface area contributed by atoms with E-state index in [1.165, 1.54) is 12.8 Å². The van der Waals surface area contributed by atoms with E-state index in [0.29, 0.717) is 31.1 Å². The van der Waals surface area contributed by atoms with Crippen LogP contribution >= 0.6 is 0 Å². The Labute approximate surface area is 214 Å². The van der Waals surface area contributed by atoms with Crippen LogP contribution in [0.4, 0.5) is 0 Å². The SMILES string of the molecule is Cn1c(=O)n2c3c4c(c(-c5ccc(OCCCN6CCC7(CC6)COC7)nc5)ccc4ncc31)OCC2. The second-order valence-corrected chi connectivity index (χ2v) is 10.6. The second kappa shape index (κ2) is 8.85. The highest BCUT2D eigenvalue weighted by Crippen LogP contribution is 2.41. The van der Waals surface area contributed by atoms with Crippen LogP contribution < -0.4 is 15.2 Å². The summed E-state index contributed by atoms with van der Waals surface area (Å²) >= 11 is 0. The molecule has 1 aromatic carbocycles. The van der Waals surface area contributed by atoms with Gasteiger partial charge in [-0.2, -0.15) is 0 Å². The fourth-order valence-electron chi connectivity index (χ4n) is 5.97. The molecule has 3 aliphatic heterocycles. The third-order valence-corrected chi connectivity index (χ3v) is 8.30. The summed E-state index contributed by atoms with van der Waals surface area (Å²) in [5.41, 5.74) is 4.81. The summed E-state index contributed by atoms with van der Waals surface area (Å²) in [7, 11) is 1.79. The molecule has 6 heterocycles. The molecule has 0 radical (unpaired) electrons. The van der Waals surface area contributed by atoms with Gasteiger partial charge in [0.15, 0.2) is 0 Å². The van der Waals surface area contributed by atoms with E-state index < -0.39 is 0 Å². The molecule has 1 spiro atoms. The summed E-state index contributed by atoms with van der Waals surface area (Å²) < 4.78 is 21.0. The number of rotatable bonds is 6. The van der Waals surface area contributed by atoms with Crippen molar-refractivity contribution in [3.05, 3.63) is 47.1 Å². The van der Waals surface area contributed by atoms with Crippen LogP contribution in [0.2, 0.25) is 0 Å². The average Bonchev–Trinajstić information content (AvgIpc) is 3.04. The summed E-state index contributed by atoms with van der Waals surface area (Å²) in [4.78, 5) is 24.5. The number of likely N-dealkylation sites (tertiary alicyclic amines) is 1. The molecule has 0 atom stereocenters. The zero-order valence-corrected chi connectivity index (χ0v) is 21.1. The third-order valence-electron chi connectivity index (χ3n) is 8.30. The number of aromatic nitrogens is 4. The van der Waals surface area contributed by atoms with Gasteiger partial charge >= 0.3 is 5.69 Å².